The molecular weight excluding hydrogens is 429 g/mol. The van der Waals surface area contributed by atoms with Crippen molar-refractivity contribution in [3.8, 4) is 11.1 Å². The van der Waals surface area contributed by atoms with Crippen LogP contribution >= 0.6 is 0 Å². The van der Waals surface area contributed by atoms with Gasteiger partial charge in [0, 0.05) is 30.4 Å². The van der Waals surface area contributed by atoms with E-state index in [4.69, 9.17) is 4.74 Å². The van der Waals surface area contributed by atoms with Gasteiger partial charge in [0.2, 0.25) is 5.91 Å². The van der Waals surface area contributed by atoms with E-state index in [1.807, 2.05) is 0 Å². The van der Waals surface area contributed by atoms with E-state index in [-0.39, 0.29) is 26.4 Å². The van der Waals surface area contributed by atoms with E-state index in [2.05, 4.69) is 25.5 Å². The lowest BCUT2D eigenvalue weighted by atomic mass is 10.1. The fraction of sp³-hybridized carbons (Fsp3) is 0.273. The summed E-state index contributed by atoms with van der Waals surface area (Å²) in [5.41, 5.74) is 2.69. The number of halogens is 1. The van der Waals surface area contributed by atoms with Gasteiger partial charge < -0.3 is 14.5 Å². The Hall–Kier alpha value is -4.15. The van der Waals surface area contributed by atoms with Crippen molar-refractivity contribution in [1.29, 1.82) is 0 Å². The lowest BCUT2D eigenvalue weighted by Gasteiger charge is -2.14. The van der Waals surface area contributed by atoms with Gasteiger partial charge in [-0.25, -0.2) is 19.2 Å². The van der Waals surface area contributed by atoms with Crippen molar-refractivity contribution in [2.24, 2.45) is 15.2 Å². The number of nitrogens with zero attached hydrogens (tertiary/aromatic N) is 6. The summed E-state index contributed by atoms with van der Waals surface area (Å²) in [7, 11) is 0. The van der Waals surface area contributed by atoms with Crippen LogP contribution in [0.1, 0.15) is 20.0 Å². The van der Waals surface area contributed by atoms with Gasteiger partial charge in [0.15, 0.2) is 12.5 Å². The molecule has 3 aromatic rings. The second-order valence-corrected chi connectivity index (χ2v) is 7.39. The minimum Gasteiger partial charge on any atom is -0.442 e. The number of aliphatic imine (C=N–C) groups is 1. The number of cyclic esters (lactones) is 1. The molecule has 10 nitrogen and oxygen atoms in total. The zero-order valence-electron chi connectivity index (χ0n) is 17.0. The first-order chi connectivity index (χ1) is 15.5. The van der Waals surface area contributed by atoms with E-state index in [1.165, 1.54) is 17.9 Å². The molecule has 1 saturated heterocycles. The maximum absolute atomic E-state index is 15.0. The highest BCUT2D eigenvalue weighted by atomic mass is 19.1. The summed E-state index contributed by atoms with van der Waals surface area (Å²) in [6.07, 6.45) is 2.47. The van der Waals surface area contributed by atoms with Crippen LogP contribution in [-0.4, -0.2) is 53.1 Å². The highest BCUT2D eigenvalue weighted by molar-refractivity contribution is 5.98. The summed E-state index contributed by atoms with van der Waals surface area (Å²) < 4.78 is 22.0. The zero-order chi connectivity index (χ0) is 22.2. The van der Waals surface area contributed by atoms with Gasteiger partial charge in [-0.3, -0.25) is 9.69 Å². The van der Waals surface area contributed by atoms with E-state index in [0.717, 1.165) is 0 Å². The second-order valence-electron chi connectivity index (χ2n) is 7.39. The van der Waals surface area contributed by atoms with Crippen molar-refractivity contribution in [2.45, 2.75) is 20.5 Å². The molecule has 0 bridgehead atoms. The van der Waals surface area contributed by atoms with E-state index < -0.39 is 18.0 Å². The molecule has 33 heavy (non-hydrogen) atoms. The predicted molar refractivity (Wildman–Crippen MR) is 120 cm³/mol. The number of amidine groups is 1. The minimum absolute atomic E-state index is 0. The van der Waals surface area contributed by atoms with E-state index in [1.54, 1.807) is 41.1 Å². The summed E-state index contributed by atoms with van der Waals surface area (Å²) in [6, 6.07) is 8.14. The Bertz CT molecular complexity index is 1300. The van der Waals surface area contributed by atoms with Crippen LogP contribution in [-0.2, 0) is 9.53 Å². The molecule has 0 unspecified atom stereocenters. The maximum Gasteiger partial charge on any atom is 0.414 e. The second kappa shape index (κ2) is 8.77. The molecule has 4 heterocycles. The molecule has 2 aliphatic rings. The van der Waals surface area contributed by atoms with Crippen LogP contribution in [0.15, 0.2) is 57.9 Å². The van der Waals surface area contributed by atoms with Crippen LogP contribution in [0.2, 0.25) is 0 Å². The third kappa shape index (κ3) is 4.29. The van der Waals surface area contributed by atoms with Crippen molar-refractivity contribution < 1.29 is 18.7 Å². The number of hydrogen-bond donors (Lipinski definition) is 1. The summed E-state index contributed by atoms with van der Waals surface area (Å²) in [5.74, 6) is -0.216. The molecule has 1 fully saturated rings. The fourth-order valence-corrected chi connectivity index (χ4v) is 3.62. The summed E-state index contributed by atoms with van der Waals surface area (Å²) >= 11 is 0. The highest BCUT2D eigenvalue weighted by Gasteiger charge is 2.32. The number of nitrogens with one attached hydrogen (secondary N) is 1. The van der Waals surface area contributed by atoms with Crippen molar-refractivity contribution in [2.75, 3.05) is 24.7 Å². The number of imidazole rings is 1. The number of anilines is 1. The van der Waals surface area contributed by atoms with E-state index in [0.29, 0.717) is 40.7 Å². The minimum atomic E-state index is -0.577. The van der Waals surface area contributed by atoms with Crippen molar-refractivity contribution in [1.82, 2.24) is 14.7 Å². The maximum atomic E-state index is 15.0. The number of aromatic nitrogens is 2. The Balaban J connectivity index is 0.00000259. The number of carbonyl (C=O) groups is 2. The van der Waals surface area contributed by atoms with Gasteiger partial charge in [0.25, 0.3) is 0 Å². The number of hydrogen-bond acceptors (Lipinski definition) is 7. The molecule has 5 rings (SSSR count). The lowest BCUT2D eigenvalue weighted by molar-refractivity contribution is -0.119. The molecule has 0 aliphatic carbocycles. The molecule has 0 spiro atoms. The molecule has 1 atom stereocenters. The topological polar surface area (TPSA) is 113 Å². The number of fused-ring (bicyclic) bond motifs is 1. The van der Waals surface area contributed by atoms with Gasteiger partial charge in [0.05, 0.1) is 18.8 Å². The quantitative estimate of drug-likeness (QED) is 0.640. The molecular formula is C22H22FN7O3. The average Bonchev–Trinajstić information content (AvgIpc) is 3.51. The van der Waals surface area contributed by atoms with Gasteiger partial charge in [0.1, 0.15) is 23.3 Å². The van der Waals surface area contributed by atoms with Crippen LogP contribution in [0, 0.1) is 5.82 Å². The highest BCUT2D eigenvalue weighted by Crippen LogP contribution is 2.29. The van der Waals surface area contributed by atoms with Crippen LogP contribution < -0.4 is 10.2 Å². The molecule has 1 aromatic carbocycles. The Morgan fingerprint density at radius 1 is 1.27 bits per heavy atom. The monoisotopic (exact) mass is 451 g/mol. The van der Waals surface area contributed by atoms with Crippen molar-refractivity contribution in [3.63, 3.8) is 0 Å². The number of pyridine rings is 1. The zero-order valence-corrected chi connectivity index (χ0v) is 17.0. The third-order valence-electron chi connectivity index (χ3n) is 5.16. The smallest absolute Gasteiger partial charge is 0.414 e. The van der Waals surface area contributed by atoms with Crippen LogP contribution in [0.3, 0.4) is 0 Å². The van der Waals surface area contributed by atoms with E-state index >= 15 is 4.39 Å². The summed E-state index contributed by atoms with van der Waals surface area (Å²) in [4.78, 5) is 33.2. The largest absolute Gasteiger partial charge is 0.442 e. The number of azo groups is 1. The van der Waals surface area contributed by atoms with Gasteiger partial charge >= 0.3 is 6.09 Å². The number of benzene rings is 1. The predicted octanol–water partition coefficient (Wildman–Crippen LogP) is 3.41. The van der Waals surface area contributed by atoms with Gasteiger partial charge in [-0.15, -0.1) is 5.11 Å². The van der Waals surface area contributed by atoms with Gasteiger partial charge in [-0.1, -0.05) is 7.43 Å². The Labute approximate surface area is 188 Å². The molecule has 2 amide bonds. The summed E-state index contributed by atoms with van der Waals surface area (Å²) in [6.45, 7) is 2.12. The number of rotatable bonds is 5. The van der Waals surface area contributed by atoms with Crippen LogP contribution in [0.4, 0.5) is 14.9 Å². The first-order valence-electron chi connectivity index (χ1n) is 9.91. The molecule has 2 aliphatic heterocycles. The SMILES string of the molecule is C.CC(=O)NC[C@H]1CN(c2ccc(-c3ccc4nc(C5=NCN=N5)cn4c3)c(F)c2)C(=O)O1. The lowest BCUT2D eigenvalue weighted by Crippen LogP contribution is -2.33. The number of amides is 2. The van der Waals surface area contributed by atoms with Crippen molar-refractivity contribution >= 4 is 29.2 Å². The molecule has 1 N–H and O–H groups in total. The number of carbonyl (C=O) groups excluding carboxylic acids is 2. The van der Waals surface area contributed by atoms with E-state index in [9.17, 15) is 9.59 Å². The van der Waals surface area contributed by atoms with Crippen molar-refractivity contribution in [3.05, 3.63) is 54.2 Å². The Morgan fingerprint density at radius 2 is 2.12 bits per heavy atom. The standard InChI is InChI=1S/C21H18FN7O3.CH4/c1-12(30)23-7-15-9-29(21(31)32-15)14-3-4-16(17(22)6-14)13-2-5-19-26-18(10-28(19)8-13)20-24-11-25-27-20;/h2-6,8,10,15H,7,9,11H2,1H3,(H,23,30);1H4/t15-;/m0./s1. The molecule has 0 saturated carbocycles. The fourth-order valence-electron chi connectivity index (χ4n) is 3.62. The molecule has 11 heteroatoms. The first-order valence-corrected chi connectivity index (χ1v) is 9.91. The first kappa shape index (κ1) is 22.1. The number of ether oxygens (including phenoxy) is 1. The molecule has 170 valence electrons. The Morgan fingerprint density at radius 3 is 2.85 bits per heavy atom. The van der Waals surface area contributed by atoms with Gasteiger partial charge in [-0.2, -0.15) is 5.11 Å². The average molecular weight is 451 g/mol. The normalized spacial score (nSPS) is 17.2. The Kier molecular flexibility index (Phi) is 5.86. The van der Waals surface area contributed by atoms with Crippen LogP contribution in [0.5, 0.6) is 0 Å². The van der Waals surface area contributed by atoms with Gasteiger partial charge in [-0.05, 0) is 30.3 Å². The summed E-state index contributed by atoms with van der Waals surface area (Å²) in [5, 5.41) is 10.4. The molecule has 2 aromatic heterocycles. The van der Waals surface area contributed by atoms with Crippen LogP contribution in [0.25, 0.3) is 16.8 Å². The molecule has 0 radical (unpaired) electrons. The third-order valence-corrected chi connectivity index (χ3v) is 5.16.